The first kappa shape index (κ1) is 15.4. The minimum atomic E-state index is -0.364. The highest BCUT2D eigenvalue weighted by Crippen LogP contribution is 2.24. The summed E-state index contributed by atoms with van der Waals surface area (Å²) >= 11 is 5.78. The van der Waals surface area contributed by atoms with Crippen LogP contribution in [0.2, 0.25) is 5.02 Å². The first-order chi connectivity index (χ1) is 8.44. The van der Waals surface area contributed by atoms with Gasteiger partial charge in [0.15, 0.2) is 0 Å². The third kappa shape index (κ3) is 5.34. The number of benzene rings is 1. The van der Waals surface area contributed by atoms with Crippen LogP contribution in [0.15, 0.2) is 18.2 Å². The average molecular weight is 274 g/mol. The summed E-state index contributed by atoms with van der Waals surface area (Å²) in [6.07, 6.45) is 0.854. The van der Waals surface area contributed by atoms with Crippen LogP contribution in [-0.4, -0.2) is 26.8 Å². The second-order valence-electron chi connectivity index (χ2n) is 5.26. The Kier molecular flexibility index (Phi) is 6.06. The third-order valence-corrected chi connectivity index (χ3v) is 3.04. The Labute approximate surface area is 113 Å². The highest BCUT2D eigenvalue weighted by molar-refractivity contribution is 6.30. The van der Waals surface area contributed by atoms with E-state index in [0.717, 1.165) is 25.1 Å². The van der Waals surface area contributed by atoms with Crippen LogP contribution >= 0.6 is 11.6 Å². The molecule has 1 rings (SSSR count). The van der Waals surface area contributed by atoms with Crippen molar-refractivity contribution in [2.75, 3.05) is 26.8 Å². The first-order valence-corrected chi connectivity index (χ1v) is 6.46. The van der Waals surface area contributed by atoms with Crippen LogP contribution in [0.3, 0.4) is 0 Å². The molecule has 0 aliphatic heterocycles. The number of hydrogen-bond donors (Lipinski definition) is 1. The van der Waals surface area contributed by atoms with Crippen LogP contribution in [-0.2, 0) is 11.2 Å². The molecule has 1 N–H and O–H groups in total. The Morgan fingerprint density at radius 1 is 1.39 bits per heavy atom. The highest BCUT2D eigenvalue weighted by Gasteiger charge is 2.18. The van der Waals surface area contributed by atoms with Gasteiger partial charge in [-0.1, -0.05) is 31.5 Å². The molecule has 0 bridgehead atoms. The van der Waals surface area contributed by atoms with E-state index in [4.69, 9.17) is 16.3 Å². The summed E-state index contributed by atoms with van der Waals surface area (Å²) in [5.74, 6) is -0.364. The van der Waals surface area contributed by atoms with Crippen molar-refractivity contribution in [1.29, 1.82) is 0 Å². The van der Waals surface area contributed by atoms with E-state index in [-0.39, 0.29) is 16.3 Å². The van der Waals surface area contributed by atoms with Crippen molar-refractivity contribution < 1.29 is 9.13 Å². The van der Waals surface area contributed by atoms with Crippen LogP contribution in [0.4, 0.5) is 4.39 Å². The van der Waals surface area contributed by atoms with Gasteiger partial charge in [-0.3, -0.25) is 0 Å². The largest absolute Gasteiger partial charge is 0.383 e. The molecule has 1 aromatic carbocycles. The van der Waals surface area contributed by atoms with E-state index >= 15 is 0 Å². The van der Waals surface area contributed by atoms with Crippen molar-refractivity contribution in [3.8, 4) is 0 Å². The summed E-state index contributed by atoms with van der Waals surface area (Å²) in [4.78, 5) is 0. The molecule has 0 atom stereocenters. The molecule has 0 aliphatic carbocycles. The topological polar surface area (TPSA) is 21.3 Å². The van der Waals surface area contributed by atoms with Crippen molar-refractivity contribution in [2.24, 2.45) is 5.41 Å². The predicted molar refractivity (Wildman–Crippen MR) is 73.6 cm³/mol. The molecule has 1 aromatic rings. The van der Waals surface area contributed by atoms with Gasteiger partial charge in [-0.2, -0.15) is 0 Å². The molecule has 0 saturated carbocycles. The quantitative estimate of drug-likeness (QED) is 0.770. The van der Waals surface area contributed by atoms with Crippen molar-refractivity contribution in [2.45, 2.75) is 20.3 Å². The standard InChI is InChI=1S/C14H21ClFNO/c1-14(2,10-17-6-7-18-3)9-11-4-5-13(16)12(15)8-11/h4-5,8,17H,6-7,9-10H2,1-3H3. The fourth-order valence-corrected chi connectivity index (χ4v) is 2.07. The smallest absolute Gasteiger partial charge is 0.141 e. The molecule has 0 spiro atoms. The van der Waals surface area contributed by atoms with Gasteiger partial charge in [0.25, 0.3) is 0 Å². The first-order valence-electron chi connectivity index (χ1n) is 6.08. The van der Waals surface area contributed by atoms with Gasteiger partial charge in [-0.25, -0.2) is 4.39 Å². The maximum absolute atomic E-state index is 13.1. The average Bonchev–Trinajstić information content (AvgIpc) is 2.29. The summed E-state index contributed by atoms with van der Waals surface area (Å²) in [6.45, 7) is 6.77. The molecule has 0 fully saturated rings. The predicted octanol–water partition coefficient (Wildman–Crippen LogP) is 3.28. The van der Waals surface area contributed by atoms with Crippen LogP contribution in [0, 0.1) is 11.2 Å². The Morgan fingerprint density at radius 2 is 2.11 bits per heavy atom. The Hall–Kier alpha value is -0.640. The fourth-order valence-electron chi connectivity index (χ4n) is 1.87. The van der Waals surface area contributed by atoms with E-state index in [1.54, 1.807) is 19.2 Å². The summed E-state index contributed by atoms with van der Waals surface area (Å²) < 4.78 is 18.0. The van der Waals surface area contributed by atoms with Crippen molar-refractivity contribution in [1.82, 2.24) is 5.32 Å². The number of hydrogen-bond acceptors (Lipinski definition) is 2. The lowest BCUT2D eigenvalue weighted by molar-refractivity contribution is 0.194. The van der Waals surface area contributed by atoms with Crippen LogP contribution in [0.5, 0.6) is 0 Å². The molecule has 0 amide bonds. The zero-order valence-electron chi connectivity index (χ0n) is 11.2. The van der Waals surface area contributed by atoms with Crippen LogP contribution in [0.1, 0.15) is 19.4 Å². The zero-order chi connectivity index (χ0) is 13.6. The maximum atomic E-state index is 13.1. The summed E-state index contributed by atoms with van der Waals surface area (Å²) in [5, 5.41) is 3.53. The molecular weight excluding hydrogens is 253 g/mol. The number of halogens is 2. The van der Waals surface area contributed by atoms with E-state index in [9.17, 15) is 4.39 Å². The minimum Gasteiger partial charge on any atom is -0.383 e. The van der Waals surface area contributed by atoms with Crippen molar-refractivity contribution >= 4 is 11.6 Å². The third-order valence-electron chi connectivity index (χ3n) is 2.75. The Bertz CT molecular complexity index is 382. The second-order valence-corrected chi connectivity index (χ2v) is 5.67. The molecule has 0 saturated heterocycles. The molecule has 4 heteroatoms. The zero-order valence-corrected chi connectivity index (χ0v) is 12.0. The van der Waals surface area contributed by atoms with Gasteiger partial charge in [-0.15, -0.1) is 0 Å². The summed E-state index contributed by atoms with van der Waals surface area (Å²) in [5.41, 5.74) is 1.15. The molecule has 2 nitrogen and oxygen atoms in total. The number of methoxy groups -OCH3 is 1. The van der Waals surface area contributed by atoms with E-state index in [1.807, 2.05) is 0 Å². The van der Waals surface area contributed by atoms with Crippen LogP contribution in [0.25, 0.3) is 0 Å². The van der Waals surface area contributed by atoms with Gasteiger partial charge in [0, 0.05) is 20.2 Å². The number of ether oxygens (including phenoxy) is 1. The van der Waals surface area contributed by atoms with E-state index in [1.165, 1.54) is 6.07 Å². The number of rotatable bonds is 7. The van der Waals surface area contributed by atoms with E-state index < -0.39 is 0 Å². The Morgan fingerprint density at radius 3 is 2.72 bits per heavy atom. The lowest BCUT2D eigenvalue weighted by atomic mass is 9.85. The maximum Gasteiger partial charge on any atom is 0.141 e. The summed E-state index contributed by atoms with van der Waals surface area (Å²) in [7, 11) is 1.69. The lowest BCUT2D eigenvalue weighted by Gasteiger charge is -2.25. The van der Waals surface area contributed by atoms with Gasteiger partial charge < -0.3 is 10.1 Å². The SMILES string of the molecule is COCCNCC(C)(C)Cc1ccc(F)c(Cl)c1. The van der Waals surface area contributed by atoms with Crippen LogP contribution < -0.4 is 5.32 Å². The van der Waals surface area contributed by atoms with Gasteiger partial charge >= 0.3 is 0 Å². The fraction of sp³-hybridized carbons (Fsp3) is 0.571. The molecule has 0 radical (unpaired) electrons. The van der Waals surface area contributed by atoms with E-state index in [0.29, 0.717) is 6.61 Å². The Balaban J connectivity index is 2.50. The van der Waals surface area contributed by atoms with Gasteiger partial charge in [0.1, 0.15) is 5.82 Å². The van der Waals surface area contributed by atoms with Gasteiger partial charge in [0.2, 0.25) is 0 Å². The van der Waals surface area contributed by atoms with Crippen molar-refractivity contribution in [3.05, 3.63) is 34.6 Å². The molecule has 0 aliphatic rings. The van der Waals surface area contributed by atoms with Gasteiger partial charge in [-0.05, 0) is 29.5 Å². The molecule has 0 unspecified atom stereocenters. The van der Waals surface area contributed by atoms with Crippen molar-refractivity contribution in [3.63, 3.8) is 0 Å². The molecule has 18 heavy (non-hydrogen) atoms. The van der Waals surface area contributed by atoms with E-state index in [2.05, 4.69) is 19.2 Å². The number of nitrogens with one attached hydrogen (secondary N) is 1. The normalized spacial score (nSPS) is 11.8. The molecule has 102 valence electrons. The van der Waals surface area contributed by atoms with Gasteiger partial charge in [0.05, 0.1) is 11.6 Å². The highest BCUT2D eigenvalue weighted by atomic mass is 35.5. The minimum absolute atomic E-state index is 0.0922. The lowest BCUT2D eigenvalue weighted by Crippen LogP contribution is -2.33. The molecule has 0 aromatic heterocycles. The molecule has 0 heterocycles. The molecular formula is C14H21ClFNO. The second kappa shape index (κ2) is 7.07. The summed E-state index contributed by atoms with van der Waals surface area (Å²) in [6, 6.07) is 4.91. The monoisotopic (exact) mass is 273 g/mol.